The van der Waals surface area contributed by atoms with E-state index in [9.17, 15) is 13.2 Å². The highest BCUT2D eigenvalue weighted by molar-refractivity contribution is 7.92. The predicted octanol–water partition coefficient (Wildman–Crippen LogP) is 4.76. The van der Waals surface area contributed by atoms with Crippen LogP contribution >= 0.6 is 0 Å². The lowest BCUT2D eigenvalue weighted by atomic mass is 9.96. The van der Waals surface area contributed by atoms with Gasteiger partial charge in [0.2, 0.25) is 15.9 Å². The number of hydrogen-bond acceptors (Lipinski definition) is 4. The van der Waals surface area contributed by atoms with Crippen LogP contribution in [-0.2, 0) is 14.8 Å². The molecule has 0 saturated carbocycles. The number of carbonyl (C=O) groups is 1. The van der Waals surface area contributed by atoms with Gasteiger partial charge in [0.15, 0.2) is 0 Å². The molecule has 0 spiro atoms. The fourth-order valence-electron chi connectivity index (χ4n) is 3.82. The average molecular weight is 461 g/mol. The molecule has 0 aromatic heterocycles. The van der Waals surface area contributed by atoms with Crippen LogP contribution in [0.4, 0.5) is 5.69 Å². The lowest BCUT2D eigenvalue weighted by molar-refractivity contribution is -0.122. The van der Waals surface area contributed by atoms with Crippen molar-refractivity contribution in [1.29, 1.82) is 0 Å². The molecule has 0 aliphatic carbocycles. The van der Waals surface area contributed by atoms with Gasteiger partial charge in [0.05, 0.1) is 25.1 Å². The Morgan fingerprint density at radius 1 is 1.06 bits per heavy atom. The number of sulfonamides is 1. The van der Waals surface area contributed by atoms with Gasteiger partial charge in [-0.25, -0.2) is 8.42 Å². The van der Waals surface area contributed by atoms with Gasteiger partial charge in [0.25, 0.3) is 0 Å². The number of amides is 1. The van der Waals surface area contributed by atoms with E-state index in [0.29, 0.717) is 18.0 Å². The molecule has 6 nitrogen and oxygen atoms in total. The van der Waals surface area contributed by atoms with Crippen LogP contribution in [-0.4, -0.2) is 34.2 Å². The van der Waals surface area contributed by atoms with Crippen LogP contribution < -0.4 is 14.4 Å². The Hall–Kier alpha value is -2.54. The Morgan fingerprint density at radius 2 is 1.66 bits per heavy atom. The number of carbonyl (C=O) groups excluding carboxylic acids is 1. The number of nitrogens with one attached hydrogen (secondary N) is 1. The van der Waals surface area contributed by atoms with Crippen molar-refractivity contribution in [1.82, 2.24) is 5.32 Å². The zero-order chi connectivity index (χ0) is 23.9. The molecule has 2 aromatic rings. The number of aryl methyl sites for hydroxylation is 2. The number of methoxy groups -OCH3 is 1. The minimum atomic E-state index is -3.45. The Morgan fingerprint density at radius 3 is 2.16 bits per heavy atom. The van der Waals surface area contributed by atoms with Crippen LogP contribution in [0.15, 0.2) is 42.5 Å². The first kappa shape index (κ1) is 25.7. The maximum absolute atomic E-state index is 12.7. The Balaban J connectivity index is 2.04. The van der Waals surface area contributed by atoms with Crippen molar-refractivity contribution in [3.8, 4) is 5.75 Å². The fourth-order valence-corrected chi connectivity index (χ4v) is 4.77. The maximum Gasteiger partial charge on any atom is 0.232 e. The minimum Gasteiger partial charge on any atom is -0.497 e. The van der Waals surface area contributed by atoms with Crippen molar-refractivity contribution in [2.45, 2.75) is 53.0 Å². The van der Waals surface area contributed by atoms with E-state index in [4.69, 9.17) is 4.74 Å². The quantitative estimate of drug-likeness (QED) is 0.524. The highest BCUT2D eigenvalue weighted by Gasteiger charge is 2.20. The molecule has 0 aliphatic heterocycles. The summed E-state index contributed by atoms with van der Waals surface area (Å²) >= 11 is 0. The molecule has 0 heterocycles. The molecule has 0 radical (unpaired) electrons. The Bertz CT molecular complexity index is 981. The van der Waals surface area contributed by atoms with Crippen molar-refractivity contribution in [3.63, 3.8) is 0 Å². The number of rotatable bonds is 11. The molecule has 1 atom stereocenters. The third-order valence-electron chi connectivity index (χ3n) is 5.22. The molecule has 2 aromatic carbocycles. The lowest BCUT2D eigenvalue weighted by Crippen LogP contribution is -2.33. The fraction of sp³-hybridized carbons (Fsp3) is 0.480. The summed E-state index contributed by atoms with van der Waals surface area (Å²) < 4.78 is 31.4. The molecule has 1 amide bonds. The van der Waals surface area contributed by atoms with Gasteiger partial charge in [0.1, 0.15) is 5.75 Å². The summed E-state index contributed by atoms with van der Waals surface area (Å²) in [7, 11) is -1.82. The van der Waals surface area contributed by atoms with Crippen molar-refractivity contribution in [2.24, 2.45) is 5.92 Å². The van der Waals surface area contributed by atoms with Crippen LogP contribution in [0.5, 0.6) is 5.75 Å². The second kappa shape index (κ2) is 11.4. The molecule has 176 valence electrons. The largest absolute Gasteiger partial charge is 0.497 e. The molecule has 0 saturated heterocycles. The van der Waals surface area contributed by atoms with E-state index in [-0.39, 0.29) is 24.9 Å². The summed E-state index contributed by atoms with van der Waals surface area (Å²) in [6, 6.07) is 13.3. The number of ether oxygens (including phenoxy) is 1. The highest BCUT2D eigenvalue weighted by atomic mass is 32.2. The molecule has 2 rings (SSSR count). The first-order valence-electron chi connectivity index (χ1n) is 11.0. The smallest absolute Gasteiger partial charge is 0.232 e. The van der Waals surface area contributed by atoms with Crippen LogP contribution in [0.2, 0.25) is 0 Å². The van der Waals surface area contributed by atoms with E-state index in [1.165, 1.54) is 10.6 Å². The Kier molecular flexibility index (Phi) is 9.13. The van der Waals surface area contributed by atoms with Gasteiger partial charge >= 0.3 is 0 Å². The second-order valence-corrected chi connectivity index (χ2v) is 10.7. The van der Waals surface area contributed by atoms with Gasteiger partial charge in [-0.15, -0.1) is 0 Å². The van der Waals surface area contributed by atoms with E-state index in [2.05, 4.69) is 19.2 Å². The lowest BCUT2D eigenvalue weighted by Gasteiger charge is -2.24. The number of hydrogen-bond donors (Lipinski definition) is 1. The van der Waals surface area contributed by atoms with E-state index in [1.807, 2.05) is 56.3 Å². The van der Waals surface area contributed by atoms with E-state index in [0.717, 1.165) is 28.9 Å². The van der Waals surface area contributed by atoms with Crippen molar-refractivity contribution in [2.75, 3.05) is 24.2 Å². The molecule has 0 unspecified atom stereocenters. The van der Waals surface area contributed by atoms with Crippen molar-refractivity contribution in [3.05, 3.63) is 59.2 Å². The van der Waals surface area contributed by atoms with Crippen LogP contribution in [0.25, 0.3) is 0 Å². The summed E-state index contributed by atoms with van der Waals surface area (Å²) in [5, 5.41) is 3.12. The molecule has 0 bridgehead atoms. The topological polar surface area (TPSA) is 75.7 Å². The summed E-state index contributed by atoms with van der Waals surface area (Å²) in [5.41, 5.74) is 3.67. The molecular formula is C25H36N2O4S. The van der Waals surface area contributed by atoms with Crippen molar-refractivity contribution < 1.29 is 17.9 Å². The third kappa shape index (κ3) is 7.86. The Labute approximate surface area is 193 Å². The van der Waals surface area contributed by atoms with E-state index >= 15 is 0 Å². The average Bonchev–Trinajstić information content (AvgIpc) is 2.68. The second-order valence-electron chi connectivity index (χ2n) is 8.81. The van der Waals surface area contributed by atoms with Gasteiger partial charge < -0.3 is 10.1 Å². The highest BCUT2D eigenvalue weighted by Crippen LogP contribution is 2.25. The molecule has 32 heavy (non-hydrogen) atoms. The van der Waals surface area contributed by atoms with E-state index < -0.39 is 10.0 Å². The molecular weight excluding hydrogens is 424 g/mol. The zero-order valence-corrected chi connectivity index (χ0v) is 20.8. The molecule has 7 heteroatoms. The SMILES string of the molecule is COc1ccc([C@@H](CC(C)C)NC(=O)CCCN(c2cc(C)cc(C)c2)S(C)(=O)=O)cc1. The van der Waals surface area contributed by atoms with Crippen molar-refractivity contribution >= 4 is 21.6 Å². The van der Waals surface area contributed by atoms with Gasteiger partial charge in [-0.3, -0.25) is 9.10 Å². The first-order valence-corrected chi connectivity index (χ1v) is 12.8. The number of nitrogens with zero attached hydrogens (tertiary/aromatic N) is 1. The first-order chi connectivity index (χ1) is 15.0. The third-order valence-corrected chi connectivity index (χ3v) is 6.41. The maximum atomic E-state index is 12.7. The van der Waals surface area contributed by atoms with Gasteiger partial charge in [-0.1, -0.05) is 32.0 Å². The zero-order valence-electron chi connectivity index (χ0n) is 20.0. The minimum absolute atomic E-state index is 0.0830. The normalized spacial score (nSPS) is 12.5. The van der Waals surface area contributed by atoms with Gasteiger partial charge in [0, 0.05) is 13.0 Å². The summed E-state index contributed by atoms with van der Waals surface area (Å²) in [6.45, 7) is 8.39. The van der Waals surface area contributed by atoms with Crippen LogP contribution in [0.1, 0.15) is 55.8 Å². The van der Waals surface area contributed by atoms with E-state index in [1.54, 1.807) is 7.11 Å². The van der Waals surface area contributed by atoms with Gasteiger partial charge in [-0.05, 0) is 73.6 Å². The standard InChI is InChI=1S/C25H36N2O4S/c1-18(2)14-24(21-9-11-23(31-5)12-10-21)26-25(28)8-7-13-27(32(6,29)30)22-16-19(3)15-20(4)17-22/h9-12,15-18,24H,7-8,13-14H2,1-6H3,(H,26,28)/t24-/m1/s1. The number of benzene rings is 2. The molecule has 1 N–H and O–H groups in total. The van der Waals surface area contributed by atoms with Crippen LogP contribution in [0, 0.1) is 19.8 Å². The molecule has 0 fully saturated rings. The molecule has 0 aliphatic rings. The summed E-state index contributed by atoms with van der Waals surface area (Å²) in [5.74, 6) is 1.10. The summed E-state index contributed by atoms with van der Waals surface area (Å²) in [6.07, 6.45) is 2.70. The van der Waals surface area contributed by atoms with Crippen LogP contribution in [0.3, 0.4) is 0 Å². The number of anilines is 1. The summed E-state index contributed by atoms with van der Waals surface area (Å²) in [4.78, 5) is 12.7. The monoisotopic (exact) mass is 460 g/mol. The van der Waals surface area contributed by atoms with Gasteiger partial charge in [-0.2, -0.15) is 0 Å². The predicted molar refractivity (Wildman–Crippen MR) is 131 cm³/mol.